The number of aliphatic carboxylic acids is 1. The Kier molecular flexibility index (Phi) is 5.57. The molecular weight excluding hydrogens is 254 g/mol. The molecule has 0 amide bonds. The van der Waals surface area contributed by atoms with Crippen LogP contribution in [0.4, 0.5) is 0 Å². The van der Waals surface area contributed by atoms with Crippen molar-refractivity contribution in [1.82, 2.24) is 5.32 Å². The fraction of sp³-hybridized carbons (Fsp3) is 0.562. The number of carboxylic acids is 1. The van der Waals surface area contributed by atoms with Crippen LogP contribution in [-0.4, -0.2) is 31.3 Å². The summed E-state index contributed by atoms with van der Waals surface area (Å²) in [7, 11) is 1.89. The van der Waals surface area contributed by atoms with Crippen LogP contribution in [0.2, 0.25) is 0 Å². The van der Waals surface area contributed by atoms with E-state index in [2.05, 4.69) is 5.32 Å². The first-order chi connectivity index (χ1) is 9.27. The lowest BCUT2D eigenvalue weighted by atomic mass is 9.84. The highest BCUT2D eigenvalue weighted by atomic mass is 16.5. The summed E-state index contributed by atoms with van der Waals surface area (Å²) in [6.45, 7) is 8.91. The quantitative estimate of drug-likeness (QED) is 0.753. The Morgan fingerprint density at radius 3 is 2.50 bits per heavy atom. The summed E-state index contributed by atoms with van der Waals surface area (Å²) in [6, 6.07) is 4.03. The molecule has 0 aliphatic carbocycles. The molecule has 0 aromatic heterocycles. The summed E-state index contributed by atoms with van der Waals surface area (Å²) < 4.78 is 5.71. The molecule has 0 saturated heterocycles. The van der Waals surface area contributed by atoms with Crippen LogP contribution in [0.15, 0.2) is 12.1 Å². The molecule has 0 unspecified atom stereocenters. The molecule has 0 spiro atoms. The predicted octanol–water partition coefficient (Wildman–Crippen LogP) is 2.55. The monoisotopic (exact) mass is 279 g/mol. The summed E-state index contributed by atoms with van der Waals surface area (Å²) in [4.78, 5) is 11.2. The number of ether oxygens (including phenoxy) is 1. The molecule has 1 aromatic rings. The lowest BCUT2D eigenvalue weighted by Gasteiger charge is -2.21. The topological polar surface area (TPSA) is 58.6 Å². The Labute approximate surface area is 121 Å². The molecule has 4 nitrogen and oxygen atoms in total. The van der Waals surface area contributed by atoms with Crippen LogP contribution in [0.5, 0.6) is 5.75 Å². The van der Waals surface area contributed by atoms with Crippen LogP contribution in [0.1, 0.15) is 30.5 Å². The van der Waals surface area contributed by atoms with E-state index in [9.17, 15) is 9.90 Å². The van der Waals surface area contributed by atoms with Crippen LogP contribution >= 0.6 is 0 Å². The molecule has 0 heterocycles. The third-order valence-corrected chi connectivity index (χ3v) is 3.45. The predicted molar refractivity (Wildman–Crippen MR) is 80.5 cm³/mol. The van der Waals surface area contributed by atoms with Gasteiger partial charge in [-0.2, -0.15) is 0 Å². The average Bonchev–Trinajstić information content (AvgIpc) is 2.34. The molecule has 2 N–H and O–H groups in total. The van der Waals surface area contributed by atoms with Crippen molar-refractivity contribution in [2.75, 3.05) is 20.2 Å². The summed E-state index contributed by atoms with van der Waals surface area (Å²) >= 11 is 0. The number of hydrogen-bond acceptors (Lipinski definition) is 3. The van der Waals surface area contributed by atoms with Crippen molar-refractivity contribution in [3.63, 3.8) is 0 Å². The van der Waals surface area contributed by atoms with Gasteiger partial charge in [-0.15, -0.1) is 0 Å². The summed E-state index contributed by atoms with van der Waals surface area (Å²) in [5.41, 5.74) is 2.43. The SMILES string of the molecule is CNCCOc1cc(C)c(CC(C)(C)C(=O)O)cc1C. The maximum Gasteiger partial charge on any atom is 0.309 e. The van der Waals surface area contributed by atoms with Gasteiger partial charge in [0, 0.05) is 6.54 Å². The molecule has 0 radical (unpaired) electrons. The summed E-state index contributed by atoms with van der Waals surface area (Å²) in [5.74, 6) is 0.0959. The molecule has 0 fully saturated rings. The molecule has 4 heteroatoms. The smallest absolute Gasteiger partial charge is 0.309 e. The van der Waals surface area contributed by atoms with Gasteiger partial charge in [0.1, 0.15) is 12.4 Å². The van der Waals surface area contributed by atoms with Crippen molar-refractivity contribution in [2.24, 2.45) is 5.41 Å². The van der Waals surface area contributed by atoms with Crippen LogP contribution in [0.25, 0.3) is 0 Å². The first-order valence-electron chi connectivity index (χ1n) is 6.89. The number of aryl methyl sites for hydroxylation is 2. The number of carboxylic acid groups (broad SMARTS) is 1. The van der Waals surface area contributed by atoms with Gasteiger partial charge in [0.2, 0.25) is 0 Å². The normalized spacial score (nSPS) is 11.4. The van der Waals surface area contributed by atoms with E-state index in [1.807, 2.05) is 33.0 Å². The lowest BCUT2D eigenvalue weighted by Crippen LogP contribution is -2.26. The fourth-order valence-electron chi connectivity index (χ4n) is 2.01. The first-order valence-corrected chi connectivity index (χ1v) is 6.89. The molecule has 1 rings (SSSR count). The van der Waals surface area contributed by atoms with E-state index >= 15 is 0 Å². The minimum absolute atomic E-state index is 0.520. The molecule has 0 saturated carbocycles. The van der Waals surface area contributed by atoms with Crippen molar-refractivity contribution in [1.29, 1.82) is 0 Å². The molecule has 0 aliphatic heterocycles. The van der Waals surface area contributed by atoms with Gasteiger partial charge < -0.3 is 15.2 Å². The standard InChI is InChI=1S/C16H25NO3/c1-11-9-14(20-7-6-17-5)12(2)8-13(11)10-16(3,4)15(18)19/h8-9,17H,6-7,10H2,1-5H3,(H,18,19). The number of rotatable bonds is 7. The van der Waals surface area contributed by atoms with Crippen molar-refractivity contribution in [3.8, 4) is 5.75 Å². The average molecular weight is 279 g/mol. The van der Waals surface area contributed by atoms with Crippen molar-refractivity contribution in [3.05, 3.63) is 28.8 Å². The Morgan fingerprint density at radius 2 is 1.95 bits per heavy atom. The molecule has 1 aromatic carbocycles. The number of benzene rings is 1. The summed E-state index contributed by atoms with van der Waals surface area (Å²) in [6.07, 6.45) is 0.520. The zero-order valence-electron chi connectivity index (χ0n) is 13.0. The van der Waals surface area contributed by atoms with Crippen LogP contribution in [0, 0.1) is 19.3 Å². The second-order valence-electron chi connectivity index (χ2n) is 5.86. The van der Waals surface area contributed by atoms with Gasteiger partial charge in [-0.1, -0.05) is 6.07 Å². The Morgan fingerprint density at radius 1 is 1.30 bits per heavy atom. The Balaban J connectivity index is 2.91. The molecular formula is C16H25NO3. The number of nitrogens with one attached hydrogen (secondary N) is 1. The van der Waals surface area contributed by atoms with Gasteiger partial charge in [-0.05, 0) is 63.9 Å². The highest BCUT2D eigenvalue weighted by Gasteiger charge is 2.28. The van der Waals surface area contributed by atoms with Gasteiger partial charge >= 0.3 is 5.97 Å². The molecule has 0 atom stereocenters. The lowest BCUT2D eigenvalue weighted by molar-refractivity contribution is -0.146. The Hall–Kier alpha value is -1.55. The Bertz CT molecular complexity index is 481. The van der Waals surface area contributed by atoms with E-state index in [1.54, 1.807) is 13.8 Å². The van der Waals surface area contributed by atoms with E-state index in [0.717, 1.165) is 29.0 Å². The number of hydrogen-bond donors (Lipinski definition) is 2. The molecule has 112 valence electrons. The summed E-state index contributed by atoms with van der Waals surface area (Å²) in [5, 5.41) is 12.3. The number of likely N-dealkylation sites (N-methyl/N-ethyl adjacent to an activating group) is 1. The highest BCUT2D eigenvalue weighted by molar-refractivity contribution is 5.74. The number of carbonyl (C=O) groups is 1. The third kappa shape index (κ3) is 4.23. The van der Waals surface area contributed by atoms with E-state index in [4.69, 9.17) is 4.74 Å². The van der Waals surface area contributed by atoms with E-state index in [-0.39, 0.29) is 0 Å². The first kappa shape index (κ1) is 16.5. The largest absolute Gasteiger partial charge is 0.492 e. The zero-order valence-corrected chi connectivity index (χ0v) is 13.0. The molecule has 0 aliphatic rings. The van der Waals surface area contributed by atoms with Crippen LogP contribution in [-0.2, 0) is 11.2 Å². The fourth-order valence-corrected chi connectivity index (χ4v) is 2.01. The van der Waals surface area contributed by atoms with Crippen LogP contribution < -0.4 is 10.1 Å². The van der Waals surface area contributed by atoms with E-state index in [0.29, 0.717) is 13.0 Å². The van der Waals surface area contributed by atoms with Gasteiger partial charge in [-0.3, -0.25) is 4.79 Å². The highest BCUT2D eigenvalue weighted by Crippen LogP contribution is 2.28. The van der Waals surface area contributed by atoms with Gasteiger partial charge in [-0.25, -0.2) is 0 Å². The minimum Gasteiger partial charge on any atom is -0.492 e. The van der Waals surface area contributed by atoms with Crippen molar-refractivity contribution in [2.45, 2.75) is 34.1 Å². The second kappa shape index (κ2) is 6.75. The van der Waals surface area contributed by atoms with Gasteiger partial charge in [0.15, 0.2) is 0 Å². The van der Waals surface area contributed by atoms with Gasteiger partial charge in [0.25, 0.3) is 0 Å². The van der Waals surface area contributed by atoms with Crippen LogP contribution in [0.3, 0.4) is 0 Å². The molecule has 0 bridgehead atoms. The third-order valence-electron chi connectivity index (χ3n) is 3.45. The maximum atomic E-state index is 11.2. The van der Waals surface area contributed by atoms with E-state index in [1.165, 1.54) is 0 Å². The van der Waals surface area contributed by atoms with Crippen molar-refractivity contribution >= 4 is 5.97 Å². The molecule has 20 heavy (non-hydrogen) atoms. The van der Waals surface area contributed by atoms with E-state index < -0.39 is 11.4 Å². The zero-order chi connectivity index (χ0) is 15.3. The minimum atomic E-state index is -0.774. The second-order valence-corrected chi connectivity index (χ2v) is 5.86. The van der Waals surface area contributed by atoms with Gasteiger partial charge in [0.05, 0.1) is 5.41 Å². The maximum absolute atomic E-state index is 11.2. The van der Waals surface area contributed by atoms with Crippen molar-refractivity contribution < 1.29 is 14.6 Å².